The molecule has 1 fully saturated rings. The number of halogens is 5. The summed E-state index contributed by atoms with van der Waals surface area (Å²) in [5, 5.41) is 0. The Labute approximate surface area is 57.9 Å². The first-order chi connectivity index (χ1) is 4.84. The predicted octanol–water partition coefficient (Wildman–Crippen LogP) is 1.51. The standard InChI is InChI=1S/C4H3F5O2/c5-3(6,7)2-4(8,9)11-1-10-2/h2H,1H2. The second-order valence-corrected chi connectivity index (χ2v) is 1.91. The van der Waals surface area contributed by atoms with Crippen LogP contribution in [0.5, 0.6) is 0 Å². The molecule has 1 unspecified atom stereocenters. The van der Waals surface area contributed by atoms with Crippen LogP contribution >= 0.6 is 0 Å². The quantitative estimate of drug-likeness (QED) is 0.523. The van der Waals surface area contributed by atoms with E-state index in [0.717, 1.165) is 0 Å². The number of alkyl halides is 5. The highest BCUT2D eigenvalue weighted by molar-refractivity contribution is 4.79. The minimum Gasteiger partial charge on any atom is -0.334 e. The second kappa shape index (κ2) is 2.28. The van der Waals surface area contributed by atoms with Gasteiger partial charge in [0.1, 0.15) is 0 Å². The molecule has 0 spiro atoms. The molecule has 0 amide bonds. The topological polar surface area (TPSA) is 18.5 Å². The molecule has 0 N–H and O–H groups in total. The zero-order chi connectivity index (χ0) is 8.70. The Bertz CT molecular complexity index is 153. The highest BCUT2D eigenvalue weighted by atomic mass is 19.4. The summed E-state index contributed by atoms with van der Waals surface area (Å²) in [4.78, 5) is 0. The third-order valence-electron chi connectivity index (χ3n) is 1.09. The summed E-state index contributed by atoms with van der Waals surface area (Å²) >= 11 is 0. The summed E-state index contributed by atoms with van der Waals surface area (Å²) < 4.78 is 65.8. The first kappa shape index (κ1) is 8.66. The van der Waals surface area contributed by atoms with Gasteiger partial charge in [0.05, 0.1) is 0 Å². The van der Waals surface area contributed by atoms with E-state index in [2.05, 4.69) is 9.47 Å². The van der Waals surface area contributed by atoms with Gasteiger partial charge in [-0.2, -0.15) is 22.0 Å². The van der Waals surface area contributed by atoms with E-state index in [0.29, 0.717) is 0 Å². The summed E-state index contributed by atoms with van der Waals surface area (Å²) in [5.74, 6) is 0. The average molecular weight is 178 g/mol. The van der Waals surface area contributed by atoms with Crippen LogP contribution in [0, 0.1) is 0 Å². The van der Waals surface area contributed by atoms with Crippen LogP contribution < -0.4 is 0 Å². The predicted molar refractivity (Wildman–Crippen MR) is 21.8 cm³/mol. The highest BCUT2D eigenvalue weighted by Crippen LogP contribution is 2.39. The maximum atomic E-state index is 12.0. The van der Waals surface area contributed by atoms with Crippen LogP contribution in [0.25, 0.3) is 0 Å². The van der Waals surface area contributed by atoms with Gasteiger partial charge in [-0.15, -0.1) is 0 Å². The summed E-state index contributed by atoms with van der Waals surface area (Å²) in [6.45, 7) is -1.03. The first-order valence-corrected chi connectivity index (χ1v) is 2.54. The number of hydrogen-bond acceptors (Lipinski definition) is 2. The lowest BCUT2D eigenvalue weighted by molar-refractivity contribution is -0.290. The monoisotopic (exact) mass is 178 g/mol. The maximum absolute atomic E-state index is 12.0. The average Bonchev–Trinajstić information content (AvgIpc) is 2.06. The third kappa shape index (κ3) is 1.59. The number of rotatable bonds is 0. The molecule has 1 heterocycles. The van der Waals surface area contributed by atoms with Crippen molar-refractivity contribution in [2.75, 3.05) is 6.79 Å². The minimum absolute atomic E-state index is 1.03. The molecule has 1 rings (SSSR count). The molecule has 0 radical (unpaired) electrons. The van der Waals surface area contributed by atoms with E-state index in [1.54, 1.807) is 0 Å². The third-order valence-corrected chi connectivity index (χ3v) is 1.09. The Kier molecular flexibility index (Phi) is 1.79. The summed E-state index contributed by atoms with van der Waals surface area (Å²) in [6.07, 6.45) is -12.5. The van der Waals surface area contributed by atoms with Crippen LogP contribution in [0.1, 0.15) is 0 Å². The van der Waals surface area contributed by atoms with Crippen LogP contribution in [0.4, 0.5) is 22.0 Å². The fourth-order valence-corrected chi connectivity index (χ4v) is 0.638. The Hall–Kier alpha value is -0.430. The summed E-state index contributed by atoms with van der Waals surface area (Å²) in [5.41, 5.74) is 0. The molecule has 0 aromatic carbocycles. The van der Waals surface area contributed by atoms with Gasteiger partial charge in [-0.3, -0.25) is 4.74 Å². The molecular formula is C4H3F5O2. The van der Waals surface area contributed by atoms with E-state index in [4.69, 9.17) is 0 Å². The van der Waals surface area contributed by atoms with E-state index in [1.807, 2.05) is 0 Å². The van der Waals surface area contributed by atoms with Crippen molar-refractivity contribution in [3.63, 3.8) is 0 Å². The van der Waals surface area contributed by atoms with Crippen LogP contribution in [0.2, 0.25) is 0 Å². The Morgan fingerprint density at radius 1 is 1.27 bits per heavy atom. The van der Waals surface area contributed by atoms with Crippen molar-refractivity contribution in [3.05, 3.63) is 0 Å². The zero-order valence-corrected chi connectivity index (χ0v) is 4.99. The molecule has 1 aliphatic rings. The fourth-order valence-electron chi connectivity index (χ4n) is 0.638. The molecule has 0 aromatic rings. The van der Waals surface area contributed by atoms with Gasteiger partial charge in [-0.05, 0) is 0 Å². The number of hydrogen-bond donors (Lipinski definition) is 0. The lowest BCUT2D eigenvalue weighted by Crippen LogP contribution is -2.42. The van der Waals surface area contributed by atoms with Gasteiger partial charge >= 0.3 is 12.3 Å². The van der Waals surface area contributed by atoms with Crippen molar-refractivity contribution >= 4 is 0 Å². The lowest BCUT2D eigenvalue weighted by Gasteiger charge is -2.17. The van der Waals surface area contributed by atoms with E-state index >= 15 is 0 Å². The molecule has 2 nitrogen and oxygen atoms in total. The van der Waals surface area contributed by atoms with Gasteiger partial charge in [0.15, 0.2) is 6.79 Å². The Balaban J connectivity index is 2.73. The van der Waals surface area contributed by atoms with Crippen molar-refractivity contribution in [3.8, 4) is 0 Å². The van der Waals surface area contributed by atoms with E-state index in [9.17, 15) is 22.0 Å². The lowest BCUT2D eigenvalue weighted by atomic mass is 10.3. The normalized spacial score (nSPS) is 30.8. The van der Waals surface area contributed by atoms with Crippen LogP contribution in [-0.4, -0.2) is 25.2 Å². The van der Waals surface area contributed by atoms with Crippen molar-refractivity contribution in [2.45, 2.75) is 18.4 Å². The molecule has 1 aliphatic heterocycles. The molecule has 0 bridgehead atoms. The van der Waals surface area contributed by atoms with Crippen molar-refractivity contribution in [1.29, 1.82) is 0 Å². The number of ether oxygens (including phenoxy) is 2. The van der Waals surface area contributed by atoms with Gasteiger partial charge in [0, 0.05) is 0 Å². The van der Waals surface area contributed by atoms with Crippen LogP contribution in [0.15, 0.2) is 0 Å². The van der Waals surface area contributed by atoms with Crippen molar-refractivity contribution in [2.24, 2.45) is 0 Å². The second-order valence-electron chi connectivity index (χ2n) is 1.91. The van der Waals surface area contributed by atoms with Crippen LogP contribution in [0.3, 0.4) is 0 Å². The largest absolute Gasteiger partial charge is 0.423 e. The fraction of sp³-hybridized carbons (Fsp3) is 1.00. The Morgan fingerprint density at radius 3 is 2.00 bits per heavy atom. The van der Waals surface area contributed by atoms with E-state index < -0.39 is 25.2 Å². The molecule has 0 saturated carbocycles. The molecule has 0 aliphatic carbocycles. The van der Waals surface area contributed by atoms with Gasteiger partial charge < -0.3 is 4.74 Å². The van der Waals surface area contributed by atoms with Gasteiger partial charge in [0.25, 0.3) is 0 Å². The summed E-state index contributed by atoms with van der Waals surface area (Å²) in [7, 11) is 0. The maximum Gasteiger partial charge on any atom is 0.423 e. The molecule has 1 saturated heterocycles. The molecule has 0 aromatic heterocycles. The first-order valence-electron chi connectivity index (χ1n) is 2.54. The highest BCUT2D eigenvalue weighted by Gasteiger charge is 2.61. The van der Waals surface area contributed by atoms with Crippen molar-refractivity contribution in [1.82, 2.24) is 0 Å². The smallest absolute Gasteiger partial charge is 0.334 e. The molecule has 7 heteroatoms. The SMILES string of the molecule is FC(F)(F)C1OCOC1(F)F. The summed E-state index contributed by atoms with van der Waals surface area (Å²) in [6, 6.07) is 0. The van der Waals surface area contributed by atoms with Gasteiger partial charge in [-0.25, -0.2) is 0 Å². The Morgan fingerprint density at radius 2 is 1.82 bits per heavy atom. The van der Waals surface area contributed by atoms with Crippen LogP contribution in [-0.2, 0) is 9.47 Å². The van der Waals surface area contributed by atoms with E-state index in [1.165, 1.54) is 0 Å². The minimum atomic E-state index is -5.08. The molecule has 66 valence electrons. The molecular weight excluding hydrogens is 175 g/mol. The van der Waals surface area contributed by atoms with E-state index in [-0.39, 0.29) is 0 Å². The molecule has 11 heavy (non-hydrogen) atoms. The molecule has 1 atom stereocenters. The zero-order valence-electron chi connectivity index (χ0n) is 4.99. The van der Waals surface area contributed by atoms with Gasteiger partial charge in [-0.1, -0.05) is 0 Å². The van der Waals surface area contributed by atoms with Crippen molar-refractivity contribution < 1.29 is 31.4 Å². The van der Waals surface area contributed by atoms with Gasteiger partial charge in [0.2, 0.25) is 6.10 Å².